The number of likely N-dealkylation sites (N-methyl/N-ethyl adjacent to an activating group) is 1. The van der Waals surface area contributed by atoms with Crippen LogP contribution in [0.1, 0.15) is 18.4 Å². The van der Waals surface area contributed by atoms with E-state index < -0.39 is 18.3 Å². The Morgan fingerprint density at radius 1 is 1.24 bits per heavy atom. The lowest BCUT2D eigenvalue weighted by atomic mass is 9.90. The van der Waals surface area contributed by atoms with E-state index in [-0.39, 0.29) is 12.6 Å². The van der Waals surface area contributed by atoms with Crippen LogP contribution < -0.4 is 5.32 Å². The first-order chi connectivity index (χ1) is 9.85. The van der Waals surface area contributed by atoms with Crippen LogP contribution in [0.15, 0.2) is 30.3 Å². The molecule has 3 nitrogen and oxygen atoms in total. The van der Waals surface area contributed by atoms with Gasteiger partial charge in [-0.2, -0.15) is 18.4 Å². The van der Waals surface area contributed by atoms with E-state index >= 15 is 0 Å². The van der Waals surface area contributed by atoms with Crippen LogP contribution in [0.4, 0.5) is 13.2 Å². The number of hydrogen-bond donors (Lipinski definition) is 1. The molecule has 0 saturated heterocycles. The molecule has 1 fully saturated rings. The molecule has 1 aliphatic rings. The number of hydrogen-bond acceptors (Lipinski definition) is 3. The molecule has 1 aromatic rings. The molecule has 21 heavy (non-hydrogen) atoms. The van der Waals surface area contributed by atoms with Gasteiger partial charge in [0, 0.05) is 12.6 Å². The Kier molecular flexibility index (Phi) is 4.55. The Morgan fingerprint density at radius 3 is 2.33 bits per heavy atom. The summed E-state index contributed by atoms with van der Waals surface area (Å²) in [7, 11) is 1.39. The molecule has 0 bridgehead atoms. The van der Waals surface area contributed by atoms with Gasteiger partial charge in [-0.3, -0.25) is 10.2 Å². The van der Waals surface area contributed by atoms with E-state index in [2.05, 4.69) is 11.4 Å². The van der Waals surface area contributed by atoms with Gasteiger partial charge in [-0.05, 0) is 25.5 Å². The molecule has 1 saturated carbocycles. The molecule has 1 atom stereocenters. The third-order valence-corrected chi connectivity index (χ3v) is 3.44. The monoisotopic (exact) mass is 297 g/mol. The SMILES string of the molecule is CN(CC(F)(F)F)CC(C#N)(NC1CC1)c1ccccc1. The number of nitrogens with zero attached hydrogens (tertiary/aromatic N) is 2. The highest BCUT2D eigenvalue weighted by Gasteiger charge is 2.40. The molecule has 0 aromatic heterocycles. The first-order valence-corrected chi connectivity index (χ1v) is 6.84. The van der Waals surface area contributed by atoms with E-state index in [4.69, 9.17) is 0 Å². The lowest BCUT2D eigenvalue weighted by molar-refractivity contribution is -0.144. The average molecular weight is 297 g/mol. The Bertz CT molecular complexity index is 505. The van der Waals surface area contributed by atoms with Gasteiger partial charge < -0.3 is 0 Å². The number of nitrogens with one attached hydrogen (secondary N) is 1. The lowest BCUT2D eigenvalue weighted by Gasteiger charge is -2.33. The van der Waals surface area contributed by atoms with Crippen LogP contribution in [0, 0.1) is 11.3 Å². The summed E-state index contributed by atoms with van der Waals surface area (Å²) in [6.45, 7) is -1.04. The smallest absolute Gasteiger partial charge is 0.295 e. The topological polar surface area (TPSA) is 39.1 Å². The van der Waals surface area contributed by atoms with Crippen LogP contribution in [-0.4, -0.2) is 37.3 Å². The molecule has 1 unspecified atom stereocenters. The highest BCUT2D eigenvalue weighted by Crippen LogP contribution is 2.29. The van der Waals surface area contributed by atoms with Gasteiger partial charge in [0.05, 0.1) is 12.6 Å². The number of halogens is 3. The van der Waals surface area contributed by atoms with E-state index in [0.29, 0.717) is 5.56 Å². The second kappa shape index (κ2) is 6.04. The minimum Gasteiger partial charge on any atom is -0.295 e. The highest BCUT2D eigenvalue weighted by molar-refractivity contribution is 5.32. The predicted molar refractivity (Wildman–Crippen MR) is 73.4 cm³/mol. The van der Waals surface area contributed by atoms with Gasteiger partial charge in [-0.25, -0.2) is 0 Å². The molecular formula is C15H18F3N3. The summed E-state index contributed by atoms with van der Waals surface area (Å²) in [6, 6.07) is 11.4. The van der Waals surface area contributed by atoms with Gasteiger partial charge in [-0.1, -0.05) is 30.3 Å². The van der Waals surface area contributed by atoms with E-state index in [1.807, 2.05) is 6.07 Å². The Balaban J connectivity index is 2.21. The van der Waals surface area contributed by atoms with Crippen molar-refractivity contribution in [2.45, 2.75) is 30.6 Å². The molecule has 0 amide bonds. The van der Waals surface area contributed by atoms with Gasteiger partial charge in [0.15, 0.2) is 0 Å². The van der Waals surface area contributed by atoms with Crippen molar-refractivity contribution in [3.8, 4) is 6.07 Å². The maximum atomic E-state index is 12.5. The second-order valence-corrected chi connectivity index (χ2v) is 5.59. The Hall–Kier alpha value is -1.58. The fourth-order valence-electron chi connectivity index (χ4n) is 2.42. The van der Waals surface area contributed by atoms with Crippen LogP contribution >= 0.6 is 0 Å². The molecule has 2 rings (SSSR count). The molecule has 1 aliphatic carbocycles. The maximum Gasteiger partial charge on any atom is 0.401 e. The molecule has 0 radical (unpaired) electrons. The highest BCUT2D eigenvalue weighted by atomic mass is 19.4. The van der Waals surface area contributed by atoms with E-state index in [9.17, 15) is 18.4 Å². The fraction of sp³-hybridized carbons (Fsp3) is 0.533. The second-order valence-electron chi connectivity index (χ2n) is 5.59. The largest absolute Gasteiger partial charge is 0.401 e. The molecule has 6 heteroatoms. The van der Waals surface area contributed by atoms with Crippen LogP contribution in [-0.2, 0) is 5.54 Å². The van der Waals surface area contributed by atoms with Crippen LogP contribution in [0.3, 0.4) is 0 Å². The molecule has 0 heterocycles. The van der Waals surface area contributed by atoms with Gasteiger partial charge in [0.1, 0.15) is 5.54 Å². The molecular weight excluding hydrogens is 279 g/mol. The van der Waals surface area contributed by atoms with E-state index in [1.54, 1.807) is 24.3 Å². The molecule has 0 spiro atoms. The van der Waals surface area contributed by atoms with Crippen molar-refractivity contribution < 1.29 is 13.2 Å². The molecule has 1 aromatic carbocycles. The van der Waals surface area contributed by atoms with Crippen molar-refractivity contribution in [2.24, 2.45) is 0 Å². The average Bonchev–Trinajstić information content (AvgIpc) is 3.20. The number of nitriles is 1. The Morgan fingerprint density at radius 2 is 1.86 bits per heavy atom. The number of alkyl halides is 3. The van der Waals surface area contributed by atoms with Crippen molar-refractivity contribution in [2.75, 3.05) is 20.1 Å². The quantitative estimate of drug-likeness (QED) is 0.877. The maximum absolute atomic E-state index is 12.5. The van der Waals surface area contributed by atoms with Gasteiger partial charge in [0.25, 0.3) is 0 Å². The standard InChI is InChI=1S/C15H18F3N3/c1-21(11-15(16,17)18)10-14(9-19,20-13-7-8-13)12-5-3-2-4-6-12/h2-6,13,20H,7-8,10-11H2,1H3. The summed E-state index contributed by atoms with van der Waals surface area (Å²) >= 11 is 0. The predicted octanol–water partition coefficient (Wildman–Crippen LogP) is 2.65. The summed E-state index contributed by atoms with van der Waals surface area (Å²) < 4.78 is 37.6. The third kappa shape index (κ3) is 4.45. The minimum absolute atomic E-state index is 0.0104. The molecule has 0 aliphatic heterocycles. The van der Waals surface area contributed by atoms with Crippen molar-refractivity contribution >= 4 is 0 Å². The normalized spacial score (nSPS) is 18.3. The Labute approximate surface area is 122 Å². The van der Waals surface area contributed by atoms with Crippen molar-refractivity contribution in [1.82, 2.24) is 10.2 Å². The van der Waals surface area contributed by atoms with Crippen LogP contribution in [0.2, 0.25) is 0 Å². The number of benzene rings is 1. The first-order valence-electron chi connectivity index (χ1n) is 6.84. The molecule has 114 valence electrons. The zero-order valence-electron chi connectivity index (χ0n) is 11.8. The fourth-order valence-corrected chi connectivity index (χ4v) is 2.42. The molecule has 1 N–H and O–H groups in total. The third-order valence-electron chi connectivity index (χ3n) is 3.44. The van der Waals surface area contributed by atoms with Crippen LogP contribution in [0.5, 0.6) is 0 Å². The summed E-state index contributed by atoms with van der Waals surface area (Å²) in [5.41, 5.74) is -0.406. The summed E-state index contributed by atoms with van der Waals surface area (Å²) in [5, 5.41) is 12.9. The van der Waals surface area contributed by atoms with Gasteiger partial charge in [-0.15, -0.1) is 0 Å². The van der Waals surface area contributed by atoms with Gasteiger partial charge >= 0.3 is 6.18 Å². The van der Waals surface area contributed by atoms with Crippen molar-refractivity contribution in [1.29, 1.82) is 5.26 Å². The summed E-state index contributed by atoms with van der Waals surface area (Å²) in [4.78, 5) is 1.14. The van der Waals surface area contributed by atoms with Crippen molar-refractivity contribution in [3.63, 3.8) is 0 Å². The summed E-state index contributed by atoms with van der Waals surface area (Å²) in [6.07, 6.45) is -2.36. The number of rotatable bonds is 6. The zero-order valence-corrected chi connectivity index (χ0v) is 11.8. The van der Waals surface area contributed by atoms with Gasteiger partial charge in [0.2, 0.25) is 0 Å². The summed E-state index contributed by atoms with van der Waals surface area (Å²) in [5.74, 6) is 0. The van der Waals surface area contributed by atoms with Crippen molar-refractivity contribution in [3.05, 3.63) is 35.9 Å². The zero-order chi connectivity index (χ0) is 15.5. The first kappa shape index (κ1) is 15.8. The van der Waals surface area contributed by atoms with E-state index in [1.165, 1.54) is 7.05 Å². The lowest BCUT2D eigenvalue weighted by Crippen LogP contribution is -2.51. The minimum atomic E-state index is -4.27. The van der Waals surface area contributed by atoms with E-state index in [0.717, 1.165) is 17.7 Å². The van der Waals surface area contributed by atoms with Crippen LogP contribution in [0.25, 0.3) is 0 Å².